The van der Waals surface area contributed by atoms with Crippen molar-refractivity contribution in [3.8, 4) is 0 Å². The summed E-state index contributed by atoms with van der Waals surface area (Å²) in [6.07, 6.45) is 2.55. The number of nitrogens with one attached hydrogen (secondary N) is 1. The molecule has 0 spiro atoms. The maximum Gasteiger partial charge on any atom is 0.338 e. The predicted octanol–water partition coefficient (Wildman–Crippen LogP) is 2.78. The van der Waals surface area contributed by atoms with Crippen LogP contribution in [0.15, 0.2) is 53.3 Å². The summed E-state index contributed by atoms with van der Waals surface area (Å²) in [7, 11) is 0. The number of para-hydroxylation sites is 1. The molecule has 2 aromatic heterocycles. The quantitative estimate of drug-likeness (QED) is 0.770. The van der Waals surface area contributed by atoms with Gasteiger partial charge >= 0.3 is 5.97 Å². The van der Waals surface area contributed by atoms with Crippen LogP contribution in [0.5, 0.6) is 0 Å². The zero-order chi connectivity index (χ0) is 14.8. The summed E-state index contributed by atoms with van der Waals surface area (Å²) in [5.74, 6) is -1.75. The molecule has 0 saturated carbocycles. The fraction of sp³-hybridized carbons (Fsp3) is 0. The molecule has 0 aliphatic heterocycles. The number of furan rings is 1. The first-order valence-corrected chi connectivity index (χ1v) is 6.11. The lowest BCUT2D eigenvalue weighted by Gasteiger charge is -2.04. The highest BCUT2D eigenvalue weighted by Crippen LogP contribution is 2.17. The number of anilines is 1. The fourth-order valence-electron chi connectivity index (χ4n) is 1.90. The monoisotopic (exact) mass is 282 g/mol. The van der Waals surface area contributed by atoms with Crippen LogP contribution < -0.4 is 5.32 Å². The third-order valence-electron chi connectivity index (χ3n) is 2.92. The molecule has 1 aromatic carbocycles. The number of aromatic carboxylic acids is 1. The number of carbonyl (C=O) groups is 2. The highest BCUT2D eigenvalue weighted by Gasteiger charge is 2.15. The molecule has 21 heavy (non-hydrogen) atoms. The Hall–Kier alpha value is -3.15. The van der Waals surface area contributed by atoms with E-state index in [0.717, 1.165) is 17.2 Å². The van der Waals surface area contributed by atoms with Gasteiger partial charge in [-0.25, -0.2) is 4.79 Å². The largest absolute Gasteiger partial charge is 0.478 e. The minimum atomic E-state index is -1.15. The summed E-state index contributed by atoms with van der Waals surface area (Å²) in [5.41, 5.74) is 1.26. The second-order valence-corrected chi connectivity index (χ2v) is 4.38. The van der Waals surface area contributed by atoms with Crippen molar-refractivity contribution >= 4 is 28.5 Å². The highest BCUT2D eigenvalue weighted by atomic mass is 16.4. The van der Waals surface area contributed by atoms with E-state index in [1.807, 2.05) is 24.3 Å². The molecule has 1 amide bonds. The number of carboxylic acids is 1. The van der Waals surface area contributed by atoms with Gasteiger partial charge in [0, 0.05) is 11.5 Å². The lowest BCUT2D eigenvalue weighted by molar-refractivity contribution is 0.0696. The summed E-state index contributed by atoms with van der Waals surface area (Å²) >= 11 is 0. The number of hydrogen-bond acceptors (Lipinski definition) is 4. The van der Waals surface area contributed by atoms with E-state index >= 15 is 0 Å². The van der Waals surface area contributed by atoms with E-state index in [1.54, 1.807) is 6.07 Å². The molecule has 6 heteroatoms. The van der Waals surface area contributed by atoms with Crippen molar-refractivity contribution < 1.29 is 19.1 Å². The van der Waals surface area contributed by atoms with Crippen LogP contribution >= 0.6 is 0 Å². The van der Waals surface area contributed by atoms with Gasteiger partial charge in [-0.05, 0) is 12.1 Å². The minimum Gasteiger partial charge on any atom is -0.478 e. The molecule has 3 aromatic rings. The fourth-order valence-corrected chi connectivity index (χ4v) is 1.90. The lowest BCUT2D eigenvalue weighted by Crippen LogP contribution is -2.11. The smallest absolute Gasteiger partial charge is 0.338 e. The Morgan fingerprint density at radius 1 is 1.19 bits per heavy atom. The average Bonchev–Trinajstić information content (AvgIpc) is 2.97. The van der Waals surface area contributed by atoms with Gasteiger partial charge < -0.3 is 14.8 Å². The number of hydrogen-bond donors (Lipinski definition) is 2. The first-order chi connectivity index (χ1) is 10.1. The third kappa shape index (κ3) is 2.59. The predicted molar refractivity (Wildman–Crippen MR) is 75.4 cm³/mol. The Labute approximate surface area is 119 Å². The Morgan fingerprint density at radius 2 is 2.00 bits per heavy atom. The Kier molecular flexibility index (Phi) is 3.12. The van der Waals surface area contributed by atoms with Crippen LogP contribution in [0.1, 0.15) is 20.9 Å². The van der Waals surface area contributed by atoms with E-state index in [4.69, 9.17) is 9.52 Å². The zero-order valence-electron chi connectivity index (χ0n) is 10.7. The number of fused-ring (bicyclic) bond motifs is 1. The molecule has 2 heterocycles. The molecule has 3 rings (SSSR count). The number of carboxylic acid groups (broad SMARTS) is 1. The highest BCUT2D eigenvalue weighted by molar-refractivity contribution is 6.04. The number of rotatable bonds is 3. The molecule has 0 bridgehead atoms. The Balaban J connectivity index is 1.83. The van der Waals surface area contributed by atoms with Crippen LogP contribution in [0.3, 0.4) is 0 Å². The van der Waals surface area contributed by atoms with Crippen molar-refractivity contribution in [3.05, 3.63) is 60.2 Å². The lowest BCUT2D eigenvalue weighted by atomic mass is 10.2. The maximum absolute atomic E-state index is 12.0. The van der Waals surface area contributed by atoms with Gasteiger partial charge in [0.2, 0.25) is 0 Å². The van der Waals surface area contributed by atoms with Crippen molar-refractivity contribution in [2.45, 2.75) is 0 Å². The SMILES string of the molecule is O=C(O)c1coc(C(=O)Nc2cnc3ccccc3c2)c1. The van der Waals surface area contributed by atoms with Crippen molar-refractivity contribution in [1.82, 2.24) is 4.98 Å². The second-order valence-electron chi connectivity index (χ2n) is 4.38. The summed E-state index contributed by atoms with van der Waals surface area (Å²) in [5, 5.41) is 12.3. The van der Waals surface area contributed by atoms with Crippen molar-refractivity contribution in [1.29, 1.82) is 0 Å². The molecular weight excluding hydrogens is 272 g/mol. The summed E-state index contributed by atoms with van der Waals surface area (Å²) in [6, 6.07) is 10.5. The molecule has 0 radical (unpaired) electrons. The van der Waals surface area contributed by atoms with Gasteiger partial charge in [-0.1, -0.05) is 18.2 Å². The number of nitrogens with zero attached hydrogens (tertiary/aromatic N) is 1. The van der Waals surface area contributed by atoms with E-state index < -0.39 is 11.9 Å². The number of pyridine rings is 1. The normalized spacial score (nSPS) is 10.5. The molecule has 0 aliphatic rings. The van der Waals surface area contributed by atoms with E-state index in [1.165, 1.54) is 12.3 Å². The topological polar surface area (TPSA) is 92.4 Å². The van der Waals surface area contributed by atoms with Gasteiger partial charge in [0.1, 0.15) is 6.26 Å². The van der Waals surface area contributed by atoms with Gasteiger partial charge in [-0.3, -0.25) is 9.78 Å². The first kappa shape index (κ1) is 12.9. The molecule has 2 N–H and O–H groups in total. The number of carbonyl (C=O) groups excluding carboxylic acids is 1. The van der Waals surface area contributed by atoms with Crippen molar-refractivity contribution in [2.24, 2.45) is 0 Å². The van der Waals surface area contributed by atoms with Gasteiger partial charge in [0.15, 0.2) is 5.76 Å². The van der Waals surface area contributed by atoms with Crippen LogP contribution in [0, 0.1) is 0 Å². The van der Waals surface area contributed by atoms with E-state index in [2.05, 4.69) is 10.3 Å². The van der Waals surface area contributed by atoms with Crippen LogP contribution in [0.25, 0.3) is 10.9 Å². The Morgan fingerprint density at radius 3 is 2.76 bits per heavy atom. The summed E-state index contributed by atoms with van der Waals surface area (Å²) in [6.45, 7) is 0. The summed E-state index contributed by atoms with van der Waals surface area (Å²) in [4.78, 5) is 26.9. The van der Waals surface area contributed by atoms with Gasteiger partial charge in [-0.2, -0.15) is 0 Å². The third-order valence-corrected chi connectivity index (χ3v) is 2.92. The summed E-state index contributed by atoms with van der Waals surface area (Å²) < 4.78 is 4.93. The minimum absolute atomic E-state index is 0.0689. The molecule has 6 nitrogen and oxygen atoms in total. The number of aromatic nitrogens is 1. The number of benzene rings is 1. The average molecular weight is 282 g/mol. The maximum atomic E-state index is 12.0. The van der Waals surface area contributed by atoms with E-state index in [9.17, 15) is 9.59 Å². The van der Waals surface area contributed by atoms with Crippen LogP contribution in [0.2, 0.25) is 0 Å². The van der Waals surface area contributed by atoms with Crippen molar-refractivity contribution in [3.63, 3.8) is 0 Å². The van der Waals surface area contributed by atoms with Gasteiger partial charge in [0.25, 0.3) is 5.91 Å². The van der Waals surface area contributed by atoms with Crippen LogP contribution in [-0.4, -0.2) is 22.0 Å². The van der Waals surface area contributed by atoms with Crippen LogP contribution in [-0.2, 0) is 0 Å². The molecule has 0 unspecified atom stereocenters. The zero-order valence-corrected chi connectivity index (χ0v) is 10.7. The molecule has 104 valence electrons. The Bertz CT molecular complexity index is 838. The van der Waals surface area contributed by atoms with E-state index in [-0.39, 0.29) is 11.3 Å². The number of amides is 1. The molecule has 0 aliphatic carbocycles. The van der Waals surface area contributed by atoms with Crippen LogP contribution in [0.4, 0.5) is 5.69 Å². The molecule has 0 fully saturated rings. The standard InChI is InChI=1S/C15H10N2O4/c18-14(13-6-10(8-21-13)15(19)20)17-11-5-9-3-1-2-4-12(9)16-7-11/h1-8H,(H,17,18)(H,19,20). The second kappa shape index (κ2) is 5.09. The van der Waals surface area contributed by atoms with E-state index in [0.29, 0.717) is 5.69 Å². The molecule has 0 saturated heterocycles. The van der Waals surface area contributed by atoms with Crippen molar-refractivity contribution in [2.75, 3.05) is 5.32 Å². The first-order valence-electron chi connectivity index (χ1n) is 6.11. The van der Waals surface area contributed by atoms with Gasteiger partial charge in [-0.15, -0.1) is 0 Å². The van der Waals surface area contributed by atoms with Gasteiger partial charge in [0.05, 0.1) is 23.0 Å². The molecular formula is C15H10N2O4. The molecule has 0 atom stereocenters.